The number of methoxy groups -OCH3 is 1. The van der Waals surface area contributed by atoms with Crippen molar-refractivity contribution in [2.45, 2.75) is 0 Å². The lowest BCUT2D eigenvalue weighted by atomic mass is 10.1. The zero-order valence-electron chi connectivity index (χ0n) is 23.2. The first-order valence-corrected chi connectivity index (χ1v) is 13.7. The predicted octanol–water partition coefficient (Wildman–Crippen LogP) is 10.6. The maximum Gasteiger partial charge on any atom is 0.142 e. The molecule has 0 heterocycles. The second-order valence-corrected chi connectivity index (χ2v) is 9.45. The summed E-state index contributed by atoms with van der Waals surface area (Å²) in [6, 6.07) is 45.9. The van der Waals surface area contributed by atoms with Crippen LogP contribution in [-0.2, 0) is 0 Å². The largest absolute Gasteiger partial charge is 0.495 e. The lowest BCUT2D eigenvalue weighted by molar-refractivity contribution is 0.416. The van der Waals surface area contributed by atoms with E-state index in [1.807, 2.05) is 54.6 Å². The highest BCUT2D eigenvalue weighted by molar-refractivity contribution is 5.81. The Balaban J connectivity index is 1.36. The van der Waals surface area contributed by atoms with E-state index in [4.69, 9.17) is 4.74 Å². The molecule has 0 amide bonds. The molecule has 0 aliphatic carbocycles. The van der Waals surface area contributed by atoms with Gasteiger partial charge >= 0.3 is 0 Å². The summed E-state index contributed by atoms with van der Waals surface area (Å²) in [5.74, 6) is 0.817. The summed E-state index contributed by atoms with van der Waals surface area (Å²) in [6.45, 7) is 0. The SMILES string of the molecule is COc1ccccc1N(c1ccc(/C=C/C=C/c2ccccc2)cc1)c1ccc(/C=C/C=C/c2ccccc2)cc1. The van der Waals surface area contributed by atoms with Gasteiger partial charge in [-0.15, -0.1) is 0 Å². The summed E-state index contributed by atoms with van der Waals surface area (Å²) >= 11 is 0. The van der Waals surface area contributed by atoms with E-state index in [1.54, 1.807) is 7.11 Å². The van der Waals surface area contributed by atoms with Gasteiger partial charge < -0.3 is 9.64 Å². The smallest absolute Gasteiger partial charge is 0.142 e. The van der Waals surface area contributed by atoms with Crippen molar-refractivity contribution < 1.29 is 4.74 Å². The molecule has 2 nitrogen and oxygen atoms in total. The molecule has 0 N–H and O–H groups in total. The minimum absolute atomic E-state index is 0.817. The highest BCUT2D eigenvalue weighted by Gasteiger charge is 2.16. The summed E-state index contributed by atoms with van der Waals surface area (Å²) in [7, 11) is 1.71. The van der Waals surface area contributed by atoms with Crippen molar-refractivity contribution >= 4 is 41.4 Å². The molecular formula is C39H33NO. The number of hydrogen-bond acceptors (Lipinski definition) is 2. The van der Waals surface area contributed by atoms with Crippen molar-refractivity contribution in [3.8, 4) is 5.75 Å². The van der Waals surface area contributed by atoms with Gasteiger partial charge in [0.15, 0.2) is 0 Å². The Labute approximate surface area is 243 Å². The number of allylic oxidation sites excluding steroid dienone is 4. The van der Waals surface area contributed by atoms with Gasteiger partial charge in [-0.3, -0.25) is 0 Å². The molecule has 0 bridgehead atoms. The standard InChI is InChI=1S/C39H33NO/c1-41-39-23-13-12-22-38(39)40(36-28-24-34(25-29-36)20-10-8-18-32-14-4-2-5-15-32)37-30-26-35(27-31-37)21-11-9-19-33-16-6-3-7-17-33/h2-31H,1H3/b18-8+,19-9+,20-10+,21-11+. The quantitative estimate of drug-likeness (QED) is 0.166. The summed E-state index contributed by atoms with van der Waals surface area (Å²) in [4.78, 5) is 2.23. The summed E-state index contributed by atoms with van der Waals surface area (Å²) in [6.07, 6.45) is 16.7. The third kappa shape index (κ3) is 7.62. The average molecular weight is 532 g/mol. The monoisotopic (exact) mass is 531 g/mol. The molecule has 0 fully saturated rings. The van der Waals surface area contributed by atoms with Gasteiger partial charge in [0.2, 0.25) is 0 Å². The molecule has 5 rings (SSSR count). The normalized spacial score (nSPS) is 11.6. The Bertz CT molecular complexity index is 1530. The molecule has 0 saturated heterocycles. The Morgan fingerprint density at radius 1 is 0.415 bits per heavy atom. The highest BCUT2D eigenvalue weighted by atomic mass is 16.5. The minimum Gasteiger partial charge on any atom is -0.495 e. The molecule has 0 atom stereocenters. The van der Waals surface area contributed by atoms with Gasteiger partial charge in [-0.25, -0.2) is 0 Å². The molecule has 0 aromatic heterocycles. The van der Waals surface area contributed by atoms with Gasteiger partial charge in [0, 0.05) is 11.4 Å². The van der Waals surface area contributed by atoms with E-state index in [1.165, 1.54) is 11.1 Å². The molecule has 0 saturated carbocycles. The molecule has 0 spiro atoms. The van der Waals surface area contributed by atoms with E-state index >= 15 is 0 Å². The number of nitrogens with zero attached hydrogens (tertiary/aromatic N) is 1. The van der Waals surface area contributed by atoms with Gasteiger partial charge in [0.05, 0.1) is 12.8 Å². The van der Waals surface area contributed by atoms with Crippen LogP contribution in [0, 0.1) is 0 Å². The van der Waals surface area contributed by atoms with E-state index in [9.17, 15) is 0 Å². The van der Waals surface area contributed by atoms with Crippen molar-refractivity contribution in [2.75, 3.05) is 12.0 Å². The van der Waals surface area contributed by atoms with Gasteiger partial charge in [-0.2, -0.15) is 0 Å². The van der Waals surface area contributed by atoms with Crippen LogP contribution >= 0.6 is 0 Å². The predicted molar refractivity (Wildman–Crippen MR) is 177 cm³/mol. The maximum absolute atomic E-state index is 5.74. The Morgan fingerprint density at radius 3 is 1.20 bits per heavy atom. The summed E-state index contributed by atoms with van der Waals surface area (Å²) in [5.41, 5.74) is 7.74. The Morgan fingerprint density at radius 2 is 0.780 bits per heavy atom. The molecule has 0 unspecified atom stereocenters. The molecular weight excluding hydrogens is 498 g/mol. The molecule has 200 valence electrons. The molecule has 5 aromatic rings. The van der Waals surface area contributed by atoms with Crippen LogP contribution in [-0.4, -0.2) is 7.11 Å². The highest BCUT2D eigenvalue weighted by Crippen LogP contribution is 2.40. The number of ether oxygens (including phenoxy) is 1. The van der Waals surface area contributed by atoms with Crippen molar-refractivity contribution in [3.63, 3.8) is 0 Å². The third-order valence-corrected chi connectivity index (χ3v) is 6.60. The first-order chi connectivity index (χ1) is 20.3. The van der Waals surface area contributed by atoms with Gasteiger partial charge in [-0.1, -0.05) is 146 Å². The Hall–Kier alpha value is -5.34. The number of hydrogen-bond donors (Lipinski definition) is 0. The lowest BCUT2D eigenvalue weighted by Gasteiger charge is -2.27. The molecule has 5 aromatic carbocycles. The second-order valence-electron chi connectivity index (χ2n) is 9.45. The zero-order chi connectivity index (χ0) is 28.1. The number of para-hydroxylation sites is 2. The molecule has 2 heteroatoms. The lowest BCUT2D eigenvalue weighted by Crippen LogP contribution is -2.11. The van der Waals surface area contributed by atoms with E-state index < -0.39 is 0 Å². The van der Waals surface area contributed by atoms with Crippen molar-refractivity contribution in [3.05, 3.63) is 180 Å². The van der Waals surface area contributed by atoms with Gasteiger partial charge in [0.1, 0.15) is 5.75 Å². The van der Waals surface area contributed by atoms with Crippen LogP contribution in [0.3, 0.4) is 0 Å². The number of anilines is 3. The molecule has 0 radical (unpaired) electrons. The van der Waals surface area contributed by atoms with E-state index in [0.29, 0.717) is 0 Å². The molecule has 0 aliphatic heterocycles. The van der Waals surface area contributed by atoms with E-state index in [0.717, 1.165) is 33.9 Å². The number of rotatable bonds is 10. The number of benzene rings is 5. The second kappa shape index (κ2) is 14.2. The van der Waals surface area contributed by atoms with Crippen molar-refractivity contribution in [1.82, 2.24) is 0 Å². The third-order valence-electron chi connectivity index (χ3n) is 6.60. The maximum atomic E-state index is 5.74. The van der Waals surface area contributed by atoms with Crippen LogP contribution in [0.25, 0.3) is 24.3 Å². The molecule has 41 heavy (non-hydrogen) atoms. The van der Waals surface area contributed by atoms with E-state index in [-0.39, 0.29) is 0 Å². The fourth-order valence-corrected chi connectivity index (χ4v) is 4.51. The topological polar surface area (TPSA) is 12.5 Å². The van der Waals surface area contributed by atoms with Crippen molar-refractivity contribution in [2.24, 2.45) is 0 Å². The van der Waals surface area contributed by atoms with Gasteiger partial charge in [-0.05, 0) is 58.7 Å². The first-order valence-electron chi connectivity index (χ1n) is 13.7. The van der Waals surface area contributed by atoms with Crippen molar-refractivity contribution in [1.29, 1.82) is 0 Å². The van der Waals surface area contributed by atoms with Crippen LogP contribution in [0.1, 0.15) is 22.3 Å². The fourth-order valence-electron chi connectivity index (χ4n) is 4.51. The fraction of sp³-hybridized carbons (Fsp3) is 0.0256. The van der Waals surface area contributed by atoms with Crippen LogP contribution in [0.2, 0.25) is 0 Å². The Kier molecular flexibility index (Phi) is 9.41. The van der Waals surface area contributed by atoms with Gasteiger partial charge in [0.25, 0.3) is 0 Å². The first kappa shape index (κ1) is 27.2. The average Bonchev–Trinajstić information content (AvgIpc) is 3.04. The van der Waals surface area contributed by atoms with Crippen LogP contribution in [0.5, 0.6) is 5.75 Å². The van der Waals surface area contributed by atoms with E-state index in [2.05, 4.69) is 132 Å². The zero-order valence-corrected chi connectivity index (χ0v) is 23.2. The van der Waals surface area contributed by atoms with Crippen LogP contribution in [0.15, 0.2) is 158 Å². The molecule has 0 aliphatic rings. The van der Waals surface area contributed by atoms with Crippen LogP contribution < -0.4 is 9.64 Å². The summed E-state index contributed by atoms with van der Waals surface area (Å²) < 4.78 is 5.74. The minimum atomic E-state index is 0.817. The van der Waals surface area contributed by atoms with Crippen LogP contribution in [0.4, 0.5) is 17.1 Å². The summed E-state index contributed by atoms with van der Waals surface area (Å²) in [5, 5.41) is 0.